The Balaban J connectivity index is 1.84. The van der Waals surface area contributed by atoms with Gasteiger partial charge in [0.15, 0.2) is 5.78 Å². The van der Waals surface area contributed by atoms with Crippen LogP contribution in [0.2, 0.25) is 0 Å². The van der Waals surface area contributed by atoms with Crippen LogP contribution in [-0.2, 0) is 9.53 Å². The van der Waals surface area contributed by atoms with E-state index in [9.17, 15) is 9.59 Å². The first kappa shape index (κ1) is 22.6. The molecule has 2 fully saturated rings. The van der Waals surface area contributed by atoms with Crippen molar-refractivity contribution in [3.63, 3.8) is 0 Å². The van der Waals surface area contributed by atoms with E-state index in [0.29, 0.717) is 12.5 Å². The van der Waals surface area contributed by atoms with Crippen LogP contribution >= 0.6 is 0 Å². The second kappa shape index (κ2) is 9.41. The van der Waals surface area contributed by atoms with Crippen molar-refractivity contribution < 1.29 is 19.1 Å². The number of allylic oxidation sites excluding steroid dienone is 1. The zero-order valence-electron chi connectivity index (χ0n) is 19.0. The van der Waals surface area contributed by atoms with Crippen molar-refractivity contribution in [2.24, 2.45) is 17.3 Å². The van der Waals surface area contributed by atoms with Crippen LogP contribution in [0.25, 0.3) is 0 Å². The zero-order chi connectivity index (χ0) is 21.9. The van der Waals surface area contributed by atoms with Crippen molar-refractivity contribution in [1.82, 2.24) is 0 Å². The van der Waals surface area contributed by atoms with Crippen LogP contribution in [0.5, 0.6) is 5.75 Å². The minimum atomic E-state index is -0.296. The predicted molar refractivity (Wildman–Crippen MR) is 122 cm³/mol. The summed E-state index contributed by atoms with van der Waals surface area (Å²) in [6, 6.07) is 4.08. The van der Waals surface area contributed by atoms with Gasteiger partial charge in [-0.2, -0.15) is 0 Å². The number of hydrogen-bond acceptors (Lipinski definition) is 4. The maximum absolute atomic E-state index is 13.2. The highest BCUT2D eigenvalue weighted by molar-refractivity contribution is 6.37. The van der Waals surface area contributed by atoms with Gasteiger partial charge in [0.25, 0.3) is 0 Å². The third-order valence-electron chi connectivity index (χ3n) is 7.37. The molecule has 1 aromatic carbocycles. The highest BCUT2D eigenvalue weighted by Crippen LogP contribution is 2.46. The Morgan fingerprint density at radius 3 is 2.33 bits per heavy atom. The zero-order valence-corrected chi connectivity index (χ0v) is 19.0. The molecule has 0 N–H and O–H groups in total. The molecule has 0 radical (unpaired) electrons. The SMILES string of the molecule is Bc1cc(OCC(CC)(CC)CC=C)c(C2CC2)cc1C(=O)C1CCC1C(=O)OC. The second-order valence-electron chi connectivity index (χ2n) is 9.15. The molecular weight excluding hydrogens is 375 g/mol. The van der Waals surface area contributed by atoms with Crippen LogP contribution in [0.4, 0.5) is 0 Å². The largest absolute Gasteiger partial charge is 0.493 e. The van der Waals surface area contributed by atoms with E-state index < -0.39 is 0 Å². The molecule has 0 heterocycles. The van der Waals surface area contributed by atoms with Crippen molar-refractivity contribution in [1.29, 1.82) is 0 Å². The fourth-order valence-corrected chi connectivity index (χ4v) is 4.59. The first-order valence-electron chi connectivity index (χ1n) is 11.4. The minimum Gasteiger partial charge on any atom is -0.493 e. The topological polar surface area (TPSA) is 52.6 Å². The van der Waals surface area contributed by atoms with Gasteiger partial charge in [-0.15, -0.1) is 6.58 Å². The lowest BCUT2D eigenvalue weighted by atomic mass is 9.68. The Bertz CT molecular complexity index is 808. The van der Waals surface area contributed by atoms with Crippen LogP contribution < -0.4 is 10.2 Å². The Morgan fingerprint density at radius 1 is 1.17 bits per heavy atom. The fraction of sp³-hybridized carbons (Fsp3) is 0.600. The minimum absolute atomic E-state index is 0.0747. The number of esters is 1. The van der Waals surface area contributed by atoms with Gasteiger partial charge in [-0.3, -0.25) is 9.59 Å². The highest BCUT2D eigenvalue weighted by Gasteiger charge is 2.43. The van der Waals surface area contributed by atoms with E-state index in [-0.39, 0.29) is 29.0 Å². The smallest absolute Gasteiger partial charge is 0.309 e. The molecule has 1 aromatic rings. The Morgan fingerprint density at radius 2 is 1.83 bits per heavy atom. The predicted octanol–water partition coefficient (Wildman–Crippen LogP) is 3.97. The van der Waals surface area contributed by atoms with Crippen LogP contribution in [0.1, 0.15) is 80.6 Å². The maximum Gasteiger partial charge on any atom is 0.309 e. The lowest BCUT2D eigenvalue weighted by Crippen LogP contribution is -2.40. The first-order valence-corrected chi connectivity index (χ1v) is 11.4. The summed E-state index contributed by atoms with van der Waals surface area (Å²) in [7, 11) is 3.36. The molecule has 2 aliphatic rings. The summed E-state index contributed by atoms with van der Waals surface area (Å²) in [4.78, 5) is 25.2. The van der Waals surface area contributed by atoms with Crippen LogP contribution in [-0.4, -0.2) is 33.3 Å². The summed E-state index contributed by atoms with van der Waals surface area (Å²) in [5.41, 5.74) is 2.92. The standard InChI is InChI=1S/C25H35BO4/c1-5-12-25(6-2,7-3)15-30-22-14-21(26)20(13-19(22)16-8-9-16)23(27)17-10-11-18(17)24(28)29-4/h5,13-14,16-18H,1,6-12,15,26H2,2-4H3. The molecule has 0 spiro atoms. The number of Topliss-reactive ketones (excluding diaryl/α,β-unsaturated/α-hetero) is 1. The number of carbonyl (C=O) groups is 2. The molecule has 3 rings (SSSR count). The monoisotopic (exact) mass is 410 g/mol. The molecule has 5 heteroatoms. The van der Waals surface area contributed by atoms with Crippen LogP contribution in [0.3, 0.4) is 0 Å². The summed E-state index contributed by atoms with van der Waals surface area (Å²) in [6.45, 7) is 9.00. The van der Waals surface area contributed by atoms with Gasteiger partial charge in [0.05, 0.1) is 19.6 Å². The van der Waals surface area contributed by atoms with Gasteiger partial charge >= 0.3 is 5.97 Å². The molecule has 4 nitrogen and oxygen atoms in total. The van der Waals surface area contributed by atoms with Gasteiger partial charge in [0, 0.05) is 16.9 Å². The lowest BCUT2D eigenvalue weighted by molar-refractivity contribution is -0.150. The number of hydrogen-bond donors (Lipinski definition) is 0. The van der Waals surface area contributed by atoms with E-state index in [1.54, 1.807) is 0 Å². The molecule has 0 amide bonds. The average Bonchev–Trinajstić information content (AvgIpc) is 3.55. The van der Waals surface area contributed by atoms with Crippen LogP contribution in [0, 0.1) is 17.3 Å². The quantitative estimate of drug-likeness (QED) is 0.240. The Labute approximate surface area is 181 Å². The molecule has 0 saturated heterocycles. The third kappa shape index (κ3) is 4.50. The molecule has 162 valence electrons. The molecule has 2 aliphatic carbocycles. The van der Waals surface area contributed by atoms with Crippen molar-refractivity contribution >= 4 is 25.1 Å². The number of ether oxygens (including phenoxy) is 2. The number of benzene rings is 1. The van der Waals surface area contributed by atoms with Gasteiger partial charge in [-0.05, 0) is 68.6 Å². The van der Waals surface area contributed by atoms with Gasteiger partial charge in [-0.1, -0.05) is 25.4 Å². The summed E-state index contributed by atoms with van der Waals surface area (Å²) in [5, 5.41) is 0. The summed E-state index contributed by atoms with van der Waals surface area (Å²) >= 11 is 0. The van der Waals surface area contributed by atoms with Crippen molar-refractivity contribution in [2.75, 3.05) is 13.7 Å². The molecule has 0 aliphatic heterocycles. The van der Waals surface area contributed by atoms with Gasteiger partial charge in [0.1, 0.15) is 13.6 Å². The number of carbonyl (C=O) groups excluding carboxylic acids is 2. The second-order valence-corrected chi connectivity index (χ2v) is 9.15. The lowest BCUT2D eigenvalue weighted by Gasteiger charge is -2.34. The van der Waals surface area contributed by atoms with E-state index in [1.807, 2.05) is 26.1 Å². The molecule has 2 atom stereocenters. The summed E-state index contributed by atoms with van der Waals surface area (Å²) < 4.78 is 11.3. The summed E-state index contributed by atoms with van der Waals surface area (Å²) in [5.74, 6) is 0.649. The Hall–Kier alpha value is -2.04. The van der Waals surface area contributed by atoms with Crippen LogP contribution in [0.15, 0.2) is 24.8 Å². The number of methoxy groups -OCH3 is 1. The highest BCUT2D eigenvalue weighted by atomic mass is 16.5. The van der Waals surface area contributed by atoms with Crippen molar-refractivity contribution in [3.05, 3.63) is 35.9 Å². The van der Waals surface area contributed by atoms with Gasteiger partial charge in [-0.25, -0.2) is 0 Å². The fourth-order valence-electron chi connectivity index (χ4n) is 4.59. The van der Waals surface area contributed by atoms with Crippen molar-refractivity contribution in [2.45, 2.75) is 64.7 Å². The molecule has 0 bridgehead atoms. The normalized spacial score (nSPS) is 20.9. The van der Waals surface area contributed by atoms with Gasteiger partial charge in [0.2, 0.25) is 0 Å². The third-order valence-corrected chi connectivity index (χ3v) is 7.37. The van der Waals surface area contributed by atoms with E-state index in [1.165, 1.54) is 7.11 Å². The van der Waals surface area contributed by atoms with E-state index in [4.69, 9.17) is 9.47 Å². The Kier molecular flexibility index (Phi) is 7.10. The maximum atomic E-state index is 13.2. The molecule has 2 saturated carbocycles. The van der Waals surface area contributed by atoms with E-state index >= 15 is 0 Å². The molecule has 2 unspecified atom stereocenters. The van der Waals surface area contributed by atoms with E-state index in [0.717, 1.165) is 67.3 Å². The molecular formula is C25H35BO4. The first-order chi connectivity index (χ1) is 14.4. The van der Waals surface area contributed by atoms with Crippen molar-refractivity contribution in [3.8, 4) is 5.75 Å². The average molecular weight is 410 g/mol. The summed E-state index contributed by atoms with van der Waals surface area (Å²) in [6.07, 6.45) is 8.78. The number of rotatable bonds is 11. The molecule has 0 aromatic heterocycles. The van der Waals surface area contributed by atoms with Gasteiger partial charge < -0.3 is 9.47 Å². The molecule has 30 heavy (non-hydrogen) atoms. The number of ketones is 1. The van der Waals surface area contributed by atoms with E-state index in [2.05, 4.69) is 20.4 Å².